The Hall–Kier alpha value is -2.63. The Morgan fingerprint density at radius 3 is 2.70 bits per heavy atom. The van der Waals surface area contributed by atoms with Gasteiger partial charge in [0.2, 0.25) is 0 Å². The number of nitrogens with zero attached hydrogens (tertiary/aromatic N) is 1. The van der Waals surface area contributed by atoms with Crippen LogP contribution in [-0.2, 0) is 11.2 Å². The predicted octanol–water partition coefficient (Wildman–Crippen LogP) is 2.17. The third kappa shape index (κ3) is 3.03. The number of benzene rings is 1. The van der Waals surface area contributed by atoms with Gasteiger partial charge in [0, 0.05) is 5.69 Å². The molecule has 6 nitrogen and oxygen atoms in total. The fourth-order valence-electron chi connectivity index (χ4n) is 1.93. The summed E-state index contributed by atoms with van der Waals surface area (Å²) >= 11 is 0. The van der Waals surface area contributed by atoms with Gasteiger partial charge in [-0.1, -0.05) is 17.3 Å². The number of anilines is 1. The van der Waals surface area contributed by atoms with Gasteiger partial charge >= 0.3 is 5.97 Å². The van der Waals surface area contributed by atoms with E-state index in [1.807, 2.05) is 0 Å². The molecule has 0 spiro atoms. The number of carbonyl (C=O) groups is 2. The lowest BCUT2D eigenvalue weighted by Gasteiger charge is -2.06. The first-order chi connectivity index (χ1) is 9.47. The highest BCUT2D eigenvalue weighted by Crippen LogP contribution is 2.16. The Morgan fingerprint density at radius 1 is 1.35 bits per heavy atom. The number of carboxylic acids is 1. The van der Waals surface area contributed by atoms with Crippen LogP contribution in [0.4, 0.5) is 5.69 Å². The number of nitrogens with one attached hydrogen (secondary N) is 1. The molecular weight excluding hydrogens is 260 g/mol. The number of rotatable bonds is 4. The van der Waals surface area contributed by atoms with E-state index in [9.17, 15) is 9.59 Å². The minimum absolute atomic E-state index is 0.0883. The van der Waals surface area contributed by atoms with Crippen LogP contribution >= 0.6 is 0 Å². The summed E-state index contributed by atoms with van der Waals surface area (Å²) in [6.45, 7) is 3.35. The molecule has 0 atom stereocenters. The van der Waals surface area contributed by atoms with E-state index in [0.29, 0.717) is 28.3 Å². The second kappa shape index (κ2) is 5.56. The number of carboxylic acid groups (broad SMARTS) is 1. The van der Waals surface area contributed by atoms with Gasteiger partial charge in [-0.05, 0) is 31.5 Å². The molecule has 0 fully saturated rings. The lowest BCUT2D eigenvalue weighted by atomic mass is 10.1. The van der Waals surface area contributed by atoms with Gasteiger partial charge in [0.1, 0.15) is 11.3 Å². The highest BCUT2D eigenvalue weighted by atomic mass is 16.5. The molecule has 0 aliphatic heterocycles. The summed E-state index contributed by atoms with van der Waals surface area (Å²) in [5, 5.41) is 15.2. The van der Waals surface area contributed by atoms with Gasteiger partial charge in [0.25, 0.3) is 5.91 Å². The van der Waals surface area contributed by atoms with Gasteiger partial charge in [-0.25, -0.2) is 0 Å². The number of amides is 1. The average molecular weight is 274 g/mol. The predicted molar refractivity (Wildman–Crippen MR) is 71.7 cm³/mol. The van der Waals surface area contributed by atoms with Crippen molar-refractivity contribution in [3.8, 4) is 0 Å². The summed E-state index contributed by atoms with van der Waals surface area (Å²) in [7, 11) is 0. The Balaban J connectivity index is 2.18. The van der Waals surface area contributed by atoms with E-state index in [4.69, 9.17) is 9.63 Å². The van der Waals surface area contributed by atoms with E-state index in [-0.39, 0.29) is 12.3 Å². The van der Waals surface area contributed by atoms with Crippen LogP contribution in [0.3, 0.4) is 0 Å². The lowest BCUT2D eigenvalue weighted by Crippen LogP contribution is -2.14. The second-order valence-corrected chi connectivity index (χ2v) is 4.42. The summed E-state index contributed by atoms with van der Waals surface area (Å²) in [6.07, 6.45) is -0.0883. The van der Waals surface area contributed by atoms with Crippen molar-refractivity contribution in [3.05, 3.63) is 46.8 Å². The average Bonchev–Trinajstić information content (AvgIpc) is 2.68. The van der Waals surface area contributed by atoms with E-state index in [1.54, 1.807) is 38.1 Å². The fourth-order valence-corrected chi connectivity index (χ4v) is 1.93. The van der Waals surface area contributed by atoms with E-state index >= 15 is 0 Å². The second-order valence-electron chi connectivity index (χ2n) is 4.42. The molecule has 1 amide bonds. The molecule has 1 aromatic heterocycles. The molecule has 1 aromatic carbocycles. The quantitative estimate of drug-likeness (QED) is 0.891. The van der Waals surface area contributed by atoms with Gasteiger partial charge in [-0.3, -0.25) is 9.59 Å². The molecule has 0 unspecified atom stereocenters. The van der Waals surface area contributed by atoms with Crippen LogP contribution in [0.1, 0.15) is 27.4 Å². The zero-order valence-electron chi connectivity index (χ0n) is 11.1. The van der Waals surface area contributed by atoms with Crippen LogP contribution < -0.4 is 5.32 Å². The molecule has 1 heterocycles. The third-order valence-corrected chi connectivity index (χ3v) is 2.80. The van der Waals surface area contributed by atoms with Gasteiger partial charge in [0.05, 0.1) is 12.1 Å². The van der Waals surface area contributed by atoms with Crippen molar-refractivity contribution in [2.45, 2.75) is 20.3 Å². The van der Waals surface area contributed by atoms with Gasteiger partial charge in [-0.2, -0.15) is 0 Å². The Morgan fingerprint density at radius 2 is 2.10 bits per heavy atom. The van der Waals surface area contributed by atoms with Crippen LogP contribution in [0.5, 0.6) is 0 Å². The van der Waals surface area contributed by atoms with Crippen molar-refractivity contribution >= 4 is 17.6 Å². The highest BCUT2D eigenvalue weighted by molar-refractivity contribution is 6.05. The smallest absolute Gasteiger partial charge is 0.307 e. The zero-order valence-corrected chi connectivity index (χ0v) is 11.1. The number of aryl methyl sites for hydroxylation is 2. The summed E-state index contributed by atoms with van der Waals surface area (Å²) < 4.78 is 4.94. The van der Waals surface area contributed by atoms with Crippen LogP contribution in [-0.4, -0.2) is 22.1 Å². The van der Waals surface area contributed by atoms with Crippen LogP contribution in [0, 0.1) is 13.8 Å². The molecule has 104 valence electrons. The molecule has 20 heavy (non-hydrogen) atoms. The van der Waals surface area contributed by atoms with Crippen molar-refractivity contribution in [1.29, 1.82) is 0 Å². The Kier molecular flexibility index (Phi) is 3.84. The topological polar surface area (TPSA) is 92.4 Å². The third-order valence-electron chi connectivity index (χ3n) is 2.80. The monoisotopic (exact) mass is 274 g/mol. The first-order valence-corrected chi connectivity index (χ1v) is 6.02. The fraction of sp³-hybridized carbons (Fsp3) is 0.214. The molecule has 0 saturated carbocycles. The summed E-state index contributed by atoms with van der Waals surface area (Å²) in [5.41, 5.74) is 2.07. The first-order valence-electron chi connectivity index (χ1n) is 6.02. The molecule has 0 saturated heterocycles. The minimum atomic E-state index is -0.917. The number of carbonyl (C=O) groups excluding carboxylic acids is 1. The standard InChI is InChI=1S/C14H14N2O4/c1-8-13(9(2)20-16-8)14(19)15-11-5-3-4-10(6-11)7-12(17)18/h3-6H,7H2,1-2H3,(H,15,19)(H,17,18). The summed E-state index contributed by atoms with van der Waals surface area (Å²) in [6, 6.07) is 6.71. The SMILES string of the molecule is Cc1noc(C)c1C(=O)Nc1cccc(CC(=O)O)c1. The van der Waals surface area contributed by atoms with Crippen molar-refractivity contribution in [3.63, 3.8) is 0 Å². The maximum Gasteiger partial charge on any atom is 0.307 e. The first kappa shape index (κ1) is 13.8. The van der Waals surface area contributed by atoms with Crippen LogP contribution in [0.15, 0.2) is 28.8 Å². The van der Waals surface area contributed by atoms with Crippen molar-refractivity contribution < 1.29 is 19.2 Å². The molecule has 0 aliphatic carbocycles. The van der Waals surface area contributed by atoms with Gasteiger partial charge in [-0.15, -0.1) is 0 Å². The number of aromatic nitrogens is 1. The summed E-state index contributed by atoms with van der Waals surface area (Å²) in [4.78, 5) is 22.8. The molecule has 2 aromatic rings. The molecule has 0 radical (unpaired) electrons. The Labute approximate surface area is 115 Å². The molecule has 6 heteroatoms. The molecule has 2 rings (SSSR count). The number of aliphatic carboxylic acids is 1. The van der Waals surface area contributed by atoms with E-state index in [1.165, 1.54) is 0 Å². The van der Waals surface area contributed by atoms with E-state index in [2.05, 4.69) is 10.5 Å². The van der Waals surface area contributed by atoms with Gasteiger partial charge < -0.3 is 14.9 Å². The van der Waals surface area contributed by atoms with E-state index < -0.39 is 5.97 Å². The van der Waals surface area contributed by atoms with Crippen molar-refractivity contribution in [2.24, 2.45) is 0 Å². The van der Waals surface area contributed by atoms with Crippen molar-refractivity contribution in [2.75, 3.05) is 5.32 Å². The largest absolute Gasteiger partial charge is 0.481 e. The normalized spacial score (nSPS) is 10.3. The van der Waals surface area contributed by atoms with E-state index in [0.717, 1.165) is 0 Å². The maximum atomic E-state index is 12.1. The molecule has 0 bridgehead atoms. The molecule has 0 aliphatic rings. The number of hydrogen-bond acceptors (Lipinski definition) is 4. The molecular formula is C14H14N2O4. The summed E-state index contributed by atoms with van der Waals surface area (Å²) in [5.74, 6) is -0.797. The number of hydrogen-bond donors (Lipinski definition) is 2. The molecule has 2 N–H and O–H groups in total. The highest BCUT2D eigenvalue weighted by Gasteiger charge is 2.17. The maximum absolute atomic E-state index is 12.1. The minimum Gasteiger partial charge on any atom is -0.481 e. The van der Waals surface area contributed by atoms with Gasteiger partial charge in [0.15, 0.2) is 0 Å². The zero-order chi connectivity index (χ0) is 14.7. The lowest BCUT2D eigenvalue weighted by molar-refractivity contribution is -0.136. The van der Waals surface area contributed by atoms with Crippen molar-refractivity contribution in [1.82, 2.24) is 5.16 Å². The Bertz CT molecular complexity index is 641. The van der Waals surface area contributed by atoms with Crippen LogP contribution in [0.25, 0.3) is 0 Å². The van der Waals surface area contributed by atoms with Crippen LogP contribution in [0.2, 0.25) is 0 Å².